The minimum absolute atomic E-state index is 0.0275. The molecule has 0 aliphatic rings. The fourth-order valence-electron chi connectivity index (χ4n) is 1.65. The summed E-state index contributed by atoms with van der Waals surface area (Å²) in [5, 5.41) is 2.74. The average molecular weight is 273 g/mol. The van der Waals surface area contributed by atoms with E-state index in [2.05, 4.69) is 10.3 Å². The molecule has 1 aromatic heterocycles. The Morgan fingerprint density at radius 2 is 2.00 bits per heavy atom. The molecule has 0 unspecified atom stereocenters. The van der Waals surface area contributed by atoms with Crippen molar-refractivity contribution in [2.45, 2.75) is 19.6 Å². The lowest BCUT2D eigenvalue weighted by Gasteiger charge is -2.08. The zero-order valence-corrected chi connectivity index (χ0v) is 9.78. The number of aromatic nitrogens is 2. The SMILES string of the molecule is Fc1ccc(F)c(CNCc2nccn2C(F)F)c1. The smallest absolute Gasteiger partial charge is 0.306 e. The Hall–Kier alpha value is -1.89. The van der Waals surface area contributed by atoms with E-state index >= 15 is 0 Å². The first-order valence-corrected chi connectivity index (χ1v) is 5.52. The van der Waals surface area contributed by atoms with Crippen LogP contribution in [-0.4, -0.2) is 9.55 Å². The topological polar surface area (TPSA) is 29.9 Å². The second-order valence-corrected chi connectivity index (χ2v) is 3.87. The lowest BCUT2D eigenvalue weighted by atomic mass is 10.2. The van der Waals surface area contributed by atoms with E-state index in [-0.39, 0.29) is 24.5 Å². The fourth-order valence-corrected chi connectivity index (χ4v) is 1.65. The summed E-state index contributed by atoms with van der Waals surface area (Å²) in [4.78, 5) is 3.76. The average Bonchev–Trinajstić information content (AvgIpc) is 2.82. The summed E-state index contributed by atoms with van der Waals surface area (Å²) in [5.74, 6) is -0.967. The van der Waals surface area contributed by atoms with Gasteiger partial charge < -0.3 is 5.32 Å². The highest BCUT2D eigenvalue weighted by atomic mass is 19.3. The number of halogens is 4. The molecule has 1 N–H and O–H groups in total. The number of nitrogens with zero attached hydrogens (tertiary/aromatic N) is 2. The molecule has 0 fully saturated rings. The molecule has 102 valence electrons. The Morgan fingerprint density at radius 1 is 1.21 bits per heavy atom. The molecule has 3 nitrogen and oxygen atoms in total. The van der Waals surface area contributed by atoms with E-state index in [1.165, 1.54) is 6.20 Å². The van der Waals surface area contributed by atoms with E-state index in [9.17, 15) is 17.6 Å². The number of benzene rings is 1. The van der Waals surface area contributed by atoms with E-state index in [1.807, 2.05) is 0 Å². The van der Waals surface area contributed by atoms with Crippen LogP contribution in [0.25, 0.3) is 0 Å². The maximum Gasteiger partial charge on any atom is 0.319 e. The standard InChI is InChI=1S/C12H11F4N3/c13-9-1-2-10(14)8(5-9)6-17-7-11-18-3-4-19(11)12(15)16/h1-5,12,17H,6-7H2. The number of rotatable bonds is 5. The summed E-state index contributed by atoms with van der Waals surface area (Å²) in [6, 6.07) is 3.09. The van der Waals surface area contributed by atoms with Crippen molar-refractivity contribution < 1.29 is 17.6 Å². The van der Waals surface area contributed by atoms with Gasteiger partial charge in [-0.3, -0.25) is 4.57 Å². The van der Waals surface area contributed by atoms with Crippen molar-refractivity contribution in [2.24, 2.45) is 0 Å². The van der Waals surface area contributed by atoms with Crippen LogP contribution >= 0.6 is 0 Å². The molecule has 0 amide bonds. The van der Waals surface area contributed by atoms with E-state index in [1.54, 1.807) is 0 Å². The molecule has 2 aromatic rings. The molecule has 0 saturated heterocycles. The third kappa shape index (κ3) is 3.31. The third-order valence-corrected chi connectivity index (χ3v) is 2.57. The van der Waals surface area contributed by atoms with Gasteiger partial charge in [0.05, 0.1) is 6.54 Å². The molecule has 0 aliphatic heterocycles. The van der Waals surface area contributed by atoms with Crippen molar-refractivity contribution >= 4 is 0 Å². The van der Waals surface area contributed by atoms with Crippen molar-refractivity contribution in [1.82, 2.24) is 14.9 Å². The molecule has 19 heavy (non-hydrogen) atoms. The zero-order chi connectivity index (χ0) is 13.8. The van der Waals surface area contributed by atoms with Crippen LogP contribution < -0.4 is 5.32 Å². The molecule has 0 bridgehead atoms. The number of nitrogens with one attached hydrogen (secondary N) is 1. The van der Waals surface area contributed by atoms with Crippen LogP contribution in [0.4, 0.5) is 17.6 Å². The van der Waals surface area contributed by atoms with E-state index in [4.69, 9.17) is 0 Å². The first-order valence-electron chi connectivity index (χ1n) is 5.52. The summed E-state index contributed by atoms with van der Waals surface area (Å²) in [6.45, 7) is -2.61. The monoisotopic (exact) mass is 273 g/mol. The van der Waals surface area contributed by atoms with Gasteiger partial charge in [0.1, 0.15) is 17.5 Å². The maximum atomic E-state index is 13.3. The molecule has 2 rings (SSSR count). The Labute approximate surface area is 106 Å². The molecule has 0 aliphatic carbocycles. The van der Waals surface area contributed by atoms with Gasteiger partial charge in [-0.1, -0.05) is 0 Å². The van der Waals surface area contributed by atoms with Gasteiger partial charge in [0.15, 0.2) is 0 Å². The molecular formula is C12H11F4N3. The molecule has 0 radical (unpaired) electrons. The second-order valence-electron chi connectivity index (χ2n) is 3.87. The summed E-state index contributed by atoms with van der Waals surface area (Å²) < 4.78 is 51.9. The van der Waals surface area contributed by atoms with Crippen LogP contribution in [0.1, 0.15) is 17.9 Å². The summed E-state index contributed by atoms with van der Waals surface area (Å²) in [7, 11) is 0. The van der Waals surface area contributed by atoms with E-state index < -0.39 is 18.2 Å². The maximum absolute atomic E-state index is 13.3. The molecule has 7 heteroatoms. The van der Waals surface area contributed by atoms with Gasteiger partial charge in [0, 0.05) is 24.5 Å². The number of imidazole rings is 1. The van der Waals surface area contributed by atoms with Gasteiger partial charge in [-0.15, -0.1) is 0 Å². The van der Waals surface area contributed by atoms with Gasteiger partial charge >= 0.3 is 6.55 Å². The van der Waals surface area contributed by atoms with Crippen molar-refractivity contribution in [3.8, 4) is 0 Å². The number of hydrogen-bond acceptors (Lipinski definition) is 2. The van der Waals surface area contributed by atoms with Gasteiger partial charge in [-0.2, -0.15) is 8.78 Å². The Kier molecular flexibility index (Phi) is 4.16. The van der Waals surface area contributed by atoms with Crippen LogP contribution in [0.3, 0.4) is 0 Å². The number of hydrogen-bond donors (Lipinski definition) is 1. The quantitative estimate of drug-likeness (QED) is 0.849. The van der Waals surface area contributed by atoms with Crippen molar-refractivity contribution in [1.29, 1.82) is 0 Å². The Balaban J connectivity index is 1.96. The minimum Gasteiger partial charge on any atom is -0.306 e. The third-order valence-electron chi connectivity index (χ3n) is 2.57. The van der Waals surface area contributed by atoms with Gasteiger partial charge in [0.25, 0.3) is 0 Å². The van der Waals surface area contributed by atoms with Gasteiger partial charge in [-0.05, 0) is 18.2 Å². The van der Waals surface area contributed by atoms with E-state index in [0.717, 1.165) is 24.4 Å². The highest BCUT2D eigenvalue weighted by Gasteiger charge is 2.11. The number of alkyl halides is 2. The molecule has 1 heterocycles. The largest absolute Gasteiger partial charge is 0.319 e. The molecular weight excluding hydrogens is 262 g/mol. The second kappa shape index (κ2) is 5.83. The summed E-state index contributed by atoms with van der Waals surface area (Å²) >= 11 is 0. The van der Waals surface area contributed by atoms with Crippen LogP contribution in [-0.2, 0) is 13.1 Å². The van der Waals surface area contributed by atoms with E-state index in [0.29, 0.717) is 4.57 Å². The Morgan fingerprint density at radius 3 is 2.74 bits per heavy atom. The predicted octanol–water partition coefficient (Wildman–Crippen LogP) is 2.85. The van der Waals surface area contributed by atoms with Crippen LogP contribution in [0.15, 0.2) is 30.6 Å². The summed E-state index contributed by atoms with van der Waals surface area (Å²) in [5.41, 5.74) is 0.134. The lowest BCUT2D eigenvalue weighted by molar-refractivity contribution is 0.0666. The normalized spacial score (nSPS) is 11.2. The first-order chi connectivity index (χ1) is 9.08. The fraction of sp³-hybridized carbons (Fsp3) is 0.250. The molecule has 0 spiro atoms. The van der Waals surface area contributed by atoms with Gasteiger partial charge in [0.2, 0.25) is 0 Å². The zero-order valence-electron chi connectivity index (χ0n) is 9.78. The van der Waals surface area contributed by atoms with Crippen molar-refractivity contribution in [2.75, 3.05) is 0 Å². The van der Waals surface area contributed by atoms with Crippen LogP contribution in [0.2, 0.25) is 0 Å². The predicted molar refractivity (Wildman–Crippen MR) is 60.4 cm³/mol. The van der Waals surface area contributed by atoms with Gasteiger partial charge in [-0.25, -0.2) is 13.8 Å². The lowest BCUT2D eigenvalue weighted by Crippen LogP contribution is -2.17. The van der Waals surface area contributed by atoms with Crippen molar-refractivity contribution in [3.05, 3.63) is 53.6 Å². The highest BCUT2D eigenvalue weighted by Crippen LogP contribution is 2.13. The summed E-state index contributed by atoms with van der Waals surface area (Å²) in [6.07, 6.45) is 2.41. The van der Waals surface area contributed by atoms with Crippen LogP contribution in [0, 0.1) is 11.6 Å². The first kappa shape index (κ1) is 13.5. The Bertz CT molecular complexity index is 554. The molecule has 0 saturated carbocycles. The van der Waals surface area contributed by atoms with Crippen LogP contribution in [0.5, 0.6) is 0 Å². The van der Waals surface area contributed by atoms with Crippen molar-refractivity contribution in [3.63, 3.8) is 0 Å². The minimum atomic E-state index is -2.68. The highest BCUT2D eigenvalue weighted by molar-refractivity contribution is 5.18. The molecule has 0 atom stereocenters. The molecule has 1 aromatic carbocycles.